The van der Waals surface area contributed by atoms with Crippen LogP contribution in [0.4, 0.5) is 0 Å². The summed E-state index contributed by atoms with van der Waals surface area (Å²) in [5, 5.41) is 3.90. The lowest BCUT2D eigenvalue weighted by Gasteiger charge is -2.32. The maximum Gasteiger partial charge on any atom is 0.184 e. The molecule has 20 heavy (non-hydrogen) atoms. The molecule has 0 amide bonds. The monoisotopic (exact) mass is 280 g/mol. The van der Waals surface area contributed by atoms with Gasteiger partial charge in [-0.1, -0.05) is 24.9 Å². The SMILES string of the molecule is CCCCCc1cc(C(=O)CCC(C)(C)N(C)C)no1. The quantitative estimate of drug-likeness (QED) is 0.511. The molecule has 4 heteroatoms. The van der Waals surface area contributed by atoms with Crippen LogP contribution in [0, 0.1) is 0 Å². The van der Waals surface area contributed by atoms with Gasteiger partial charge in [-0.05, 0) is 40.8 Å². The molecule has 0 N–H and O–H groups in total. The molecule has 0 aliphatic heterocycles. The molecule has 0 radical (unpaired) electrons. The van der Waals surface area contributed by atoms with Crippen LogP contribution >= 0.6 is 0 Å². The molecule has 0 saturated heterocycles. The number of aryl methyl sites for hydroxylation is 1. The van der Waals surface area contributed by atoms with E-state index in [1.54, 1.807) is 6.07 Å². The van der Waals surface area contributed by atoms with Crippen LogP contribution in [0.2, 0.25) is 0 Å². The van der Waals surface area contributed by atoms with Crippen molar-refractivity contribution in [1.82, 2.24) is 10.1 Å². The highest BCUT2D eigenvalue weighted by atomic mass is 16.5. The predicted octanol–water partition coefficient (Wildman–Crippen LogP) is 3.71. The molecular formula is C16H28N2O2. The highest BCUT2D eigenvalue weighted by Crippen LogP contribution is 2.19. The molecule has 0 aliphatic carbocycles. The Kier molecular flexibility index (Phi) is 6.40. The molecule has 1 rings (SSSR count). The molecule has 0 fully saturated rings. The molecule has 114 valence electrons. The lowest BCUT2D eigenvalue weighted by atomic mass is 9.95. The first-order chi connectivity index (χ1) is 9.36. The van der Waals surface area contributed by atoms with E-state index in [9.17, 15) is 4.79 Å². The van der Waals surface area contributed by atoms with Gasteiger partial charge in [-0.25, -0.2) is 0 Å². The molecule has 0 atom stereocenters. The fourth-order valence-electron chi connectivity index (χ4n) is 1.88. The lowest BCUT2D eigenvalue weighted by molar-refractivity contribution is 0.0935. The van der Waals surface area contributed by atoms with Crippen molar-refractivity contribution in [2.75, 3.05) is 14.1 Å². The average Bonchev–Trinajstić information content (AvgIpc) is 2.85. The van der Waals surface area contributed by atoms with Crippen LogP contribution in [0.3, 0.4) is 0 Å². The van der Waals surface area contributed by atoms with Crippen LogP contribution in [-0.4, -0.2) is 35.5 Å². The summed E-state index contributed by atoms with van der Waals surface area (Å²) in [6.07, 6.45) is 5.65. The Morgan fingerprint density at radius 3 is 2.65 bits per heavy atom. The van der Waals surface area contributed by atoms with E-state index in [1.807, 2.05) is 14.1 Å². The van der Waals surface area contributed by atoms with E-state index in [-0.39, 0.29) is 11.3 Å². The van der Waals surface area contributed by atoms with E-state index in [1.165, 1.54) is 12.8 Å². The minimum atomic E-state index is 0.0172. The highest BCUT2D eigenvalue weighted by Gasteiger charge is 2.22. The van der Waals surface area contributed by atoms with Gasteiger partial charge in [0.15, 0.2) is 5.78 Å². The number of nitrogens with zero attached hydrogens (tertiary/aromatic N) is 2. The van der Waals surface area contributed by atoms with Crippen LogP contribution in [0.1, 0.15) is 69.1 Å². The maximum atomic E-state index is 12.1. The number of rotatable bonds is 9. The summed E-state index contributed by atoms with van der Waals surface area (Å²) in [5.41, 5.74) is 0.495. The fourth-order valence-corrected chi connectivity index (χ4v) is 1.88. The zero-order chi connectivity index (χ0) is 15.2. The van der Waals surface area contributed by atoms with Gasteiger partial charge in [0, 0.05) is 24.4 Å². The number of Topliss-reactive ketones (excluding diaryl/α,β-unsaturated/α-hetero) is 1. The minimum Gasteiger partial charge on any atom is -0.361 e. The lowest BCUT2D eigenvalue weighted by Crippen LogP contribution is -2.38. The summed E-state index contributed by atoms with van der Waals surface area (Å²) < 4.78 is 5.23. The number of aromatic nitrogens is 1. The van der Waals surface area contributed by atoms with Gasteiger partial charge >= 0.3 is 0 Å². The van der Waals surface area contributed by atoms with Gasteiger partial charge in [0.1, 0.15) is 11.5 Å². The molecule has 1 aromatic rings. The van der Waals surface area contributed by atoms with Crippen molar-refractivity contribution in [1.29, 1.82) is 0 Å². The van der Waals surface area contributed by atoms with Crippen molar-refractivity contribution in [2.45, 2.75) is 64.8 Å². The van der Waals surface area contributed by atoms with Crippen LogP contribution in [0.25, 0.3) is 0 Å². The first-order valence-electron chi connectivity index (χ1n) is 7.53. The number of carbonyl (C=O) groups excluding carboxylic acids is 1. The largest absolute Gasteiger partial charge is 0.361 e. The molecule has 0 bridgehead atoms. The number of hydrogen-bond donors (Lipinski definition) is 0. The molecule has 1 aromatic heterocycles. The number of unbranched alkanes of at least 4 members (excludes halogenated alkanes) is 2. The van der Waals surface area contributed by atoms with Crippen molar-refractivity contribution in [2.24, 2.45) is 0 Å². The van der Waals surface area contributed by atoms with Crippen LogP contribution in [0.15, 0.2) is 10.6 Å². The maximum absolute atomic E-state index is 12.1. The zero-order valence-corrected chi connectivity index (χ0v) is 13.5. The Labute approximate surface area is 122 Å². The molecule has 4 nitrogen and oxygen atoms in total. The molecule has 1 heterocycles. The molecule has 0 saturated carbocycles. The van der Waals surface area contributed by atoms with Crippen molar-refractivity contribution in [3.05, 3.63) is 17.5 Å². The summed E-state index contributed by atoms with van der Waals surface area (Å²) in [5.74, 6) is 0.902. The number of ketones is 1. The van der Waals surface area contributed by atoms with Gasteiger partial charge < -0.3 is 9.42 Å². The summed E-state index contributed by atoms with van der Waals surface area (Å²) in [7, 11) is 4.07. The summed E-state index contributed by atoms with van der Waals surface area (Å²) in [6, 6.07) is 1.81. The Morgan fingerprint density at radius 2 is 2.05 bits per heavy atom. The van der Waals surface area contributed by atoms with Gasteiger partial charge in [-0.2, -0.15) is 0 Å². The van der Waals surface area contributed by atoms with Crippen molar-refractivity contribution < 1.29 is 9.32 Å². The zero-order valence-electron chi connectivity index (χ0n) is 13.5. The average molecular weight is 280 g/mol. The van der Waals surface area contributed by atoms with Gasteiger partial charge in [0.05, 0.1) is 0 Å². The summed E-state index contributed by atoms with van der Waals surface area (Å²) >= 11 is 0. The van der Waals surface area contributed by atoms with E-state index in [0.717, 1.165) is 25.0 Å². The first kappa shape index (κ1) is 16.9. The van der Waals surface area contributed by atoms with Crippen molar-refractivity contribution in [3.8, 4) is 0 Å². The topological polar surface area (TPSA) is 46.3 Å². The van der Waals surface area contributed by atoms with Crippen molar-refractivity contribution in [3.63, 3.8) is 0 Å². The third-order valence-electron chi connectivity index (χ3n) is 4.05. The van der Waals surface area contributed by atoms with Crippen LogP contribution in [-0.2, 0) is 6.42 Å². The Bertz CT molecular complexity index is 422. The van der Waals surface area contributed by atoms with E-state index < -0.39 is 0 Å². The van der Waals surface area contributed by atoms with E-state index >= 15 is 0 Å². The van der Waals surface area contributed by atoms with E-state index in [2.05, 4.69) is 30.8 Å². The summed E-state index contributed by atoms with van der Waals surface area (Å²) in [6.45, 7) is 6.44. The third-order valence-corrected chi connectivity index (χ3v) is 4.05. The second-order valence-electron chi connectivity index (χ2n) is 6.27. The standard InChI is InChI=1S/C16H28N2O2/c1-6-7-8-9-13-12-14(17-20-13)15(19)10-11-16(2,3)18(4)5/h12H,6-11H2,1-5H3. The van der Waals surface area contributed by atoms with Crippen molar-refractivity contribution >= 4 is 5.78 Å². The number of carbonyl (C=O) groups is 1. The fraction of sp³-hybridized carbons (Fsp3) is 0.750. The molecular weight excluding hydrogens is 252 g/mol. The van der Waals surface area contributed by atoms with Gasteiger partial charge in [0.2, 0.25) is 0 Å². The predicted molar refractivity (Wildman–Crippen MR) is 81.1 cm³/mol. The van der Waals surface area contributed by atoms with E-state index in [4.69, 9.17) is 4.52 Å². The van der Waals surface area contributed by atoms with Crippen LogP contribution in [0.5, 0.6) is 0 Å². The first-order valence-corrected chi connectivity index (χ1v) is 7.53. The Balaban J connectivity index is 2.48. The van der Waals surface area contributed by atoms with Gasteiger partial charge in [-0.3, -0.25) is 4.79 Å². The highest BCUT2D eigenvalue weighted by molar-refractivity contribution is 5.94. The Hall–Kier alpha value is -1.16. The van der Waals surface area contributed by atoms with Crippen LogP contribution < -0.4 is 0 Å². The second-order valence-corrected chi connectivity index (χ2v) is 6.27. The number of hydrogen-bond acceptors (Lipinski definition) is 4. The molecule has 0 aliphatic rings. The normalized spacial score (nSPS) is 12.1. The van der Waals surface area contributed by atoms with Gasteiger partial charge in [-0.15, -0.1) is 0 Å². The Morgan fingerprint density at radius 1 is 1.35 bits per heavy atom. The smallest absolute Gasteiger partial charge is 0.184 e. The minimum absolute atomic E-state index is 0.0172. The van der Waals surface area contributed by atoms with Gasteiger partial charge in [0.25, 0.3) is 0 Å². The third kappa shape index (κ3) is 5.08. The summed E-state index contributed by atoms with van der Waals surface area (Å²) in [4.78, 5) is 14.3. The molecule has 0 unspecified atom stereocenters. The van der Waals surface area contributed by atoms with E-state index in [0.29, 0.717) is 12.1 Å². The molecule has 0 spiro atoms. The second kappa shape index (κ2) is 7.58. The molecule has 0 aromatic carbocycles.